The Bertz CT molecular complexity index is 1110. The van der Waals surface area contributed by atoms with E-state index in [1.807, 2.05) is 6.07 Å². The van der Waals surface area contributed by atoms with Crippen LogP contribution in [0.15, 0.2) is 34.0 Å². The van der Waals surface area contributed by atoms with Gasteiger partial charge in [-0.1, -0.05) is 12.1 Å². The van der Waals surface area contributed by atoms with E-state index in [1.165, 1.54) is 26.2 Å². The van der Waals surface area contributed by atoms with Crippen molar-refractivity contribution in [2.75, 3.05) is 14.1 Å². The van der Waals surface area contributed by atoms with Gasteiger partial charge in [0.2, 0.25) is 15.9 Å². The summed E-state index contributed by atoms with van der Waals surface area (Å²) in [5.41, 5.74) is 2.46. The van der Waals surface area contributed by atoms with Crippen molar-refractivity contribution in [2.45, 2.75) is 38.1 Å². The van der Waals surface area contributed by atoms with Gasteiger partial charge in [-0.2, -0.15) is 5.26 Å². The molecule has 0 bridgehead atoms. The zero-order chi connectivity index (χ0) is 21.8. The molecular weight excluding hydrogens is 392 g/mol. The number of amides is 1. The molecule has 0 atom stereocenters. The Morgan fingerprint density at radius 3 is 2.38 bits per heavy atom. The Labute approximate surface area is 170 Å². The first-order chi connectivity index (χ1) is 13.6. The Morgan fingerprint density at radius 1 is 1.21 bits per heavy atom. The molecule has 1 aromatic carbocycles. The van der Waals surface area contributed by atoms with E-state index in [2.05, 4.69) is 10.3 Å². The molecule has 0 aliphatic heterocycles. The number of hydrogen-bond acceptors (Lipinski definition) is 5. The zero-order valence-electron chi connectivity index (χ0n) is 16.9. The van der Waals surface area contributed by atoms with E-state index < -0.39 is 15.6 Å². The lowest BCUT2D eigenvalue weighted by atomic mass is 9.99. The van der Waals surface area contributed by atoms with Gasteiger partial charge in [0.05, 0.1) is 4.90 Å². The highest BCUT2D eigenvalue weighted by molar-refractivity contribution is 7.89. The molecule has 2 aromatic rings. The van der Waals surface area contributed by atoms with E-state index in [1.54, 1.807) is 26.0 Å². The molecule has 0 fully saturated rings. The van der Waals surface area contributed by atoms with Gasteiger partial charge in [-0.3, -0.25) is 9.59 Å². The number of nitrogens with zero attached hydrogens (tertiary/aromatic N) is 2. The molecule has 1 amide bonds. The van der Waals surface area contributed by atoms with E-state index in [0.29, 0.717) is 17.7 Å². The predicted octanol–water partition coefficient (Wildman–Crippen LogP) is 1.36. The van der Waals surface area contributed by atoms with Gasteiger partial charge in [-0.05, 0) is 49.1 Å². The standard InChI is InChI=1S/C20H24N4O4S/c1-13-17(14(2)23-20(26)18(13)11-21)9-10-19(25)22-12-15-5-7-16(8-6-15)29(27,28)24(3)4/h5-8H,9-10,12H2,1-4H3,(H,22,25)(H,23,26). The van der Waals surface area contributed by atoms with Crippen LogP contribution in [0.1, 0.15) is 34.4 Å². The Kier molecular flexibility index (Phi) is 6.95. The van der Waals surface area contributed by atoms with Crippen molar-refractivity contribution in [1.82, 2.24) is 14.6 Å². The highest BCUT2D eigenvalue weighted by Crippen LogP contribution is 2.16. The van der Waals surface area contributed by atoms with Gasteiger partial charge in [0.25, 0.3) is 5.56 Å². The summed E-state index contributed by atoms with van der Waals surface area (Å²) >= 11 is 0. The van der Waals surface area contributed by atoms with Crippen LogP contribution in [-0.4, -0.2) is 37.7 Å². The van der Waals surface area contributed by atoms with E-state index in [4.69, 9.17) is 5.26 Å². The summed E-state index contributed by atoms with van der Waals surface area (Å²) in [5, 5.41) is 11.9. The molecular formula is C20H24N4O4S. The molecule has 1 aromatic heterocycles. The summed E-state index contributed by atoms with van der Waals surface area (Å²) in [7, 11) is -0.549. The third-order valence-corrected chi connectivity index (χ3v) is 6.54. The fourth-order valence-electron chi connectivity index (χ4n) is 2.94. The molecule has 0 unspecified atom stereocenters. The molecule has 2 rings (SSSR count). The first kappa shape index (κ1) is 22.3. The largest absolute Gasteiger partial charge is 0.352 e. The van der Waals surface area contributed by atoms with Crippen molar-refractivity contribution in [2.24, 2.45) is 0 Å². The molecule has 0 saturated heterocycles. The SMILES string of the molecule is Cc1[nH]c(=O)c(C#N)c(C)c1CCC(=O)NCc1ccc(S(=O)(=O)N(C)C)cc1. The lowest BCUT2D eigenvalue weighted by Gasteiger charge is -2.12. The molecule has 1 heterocycles. The average molecular weight is 417 g/mol. The first-order valence-corrected chi connectivity index (χ1v) is 10.4. The maximum atomic E-state index is 12.2. The van der Waals surface area contributed by atoms with Crippen LogP contribution in [0.5, 0.6) is 0 Å². The highest BCUT2D eigenvalue weighted by Gasteiger charge is 2.17. The Balaban J connectivity index is 1.98. The first-order valence-electron chi connectivity index (χ1n) is 8.98. The highest BCUT2D eigenvalue weighted by atomic mass is 32.2. The van der Waals surface area contributed by atoms with Crippen molar-refractivity contribution in [1.29, 1.82) is 5.26 Å². The van der Waals surface area contributed by atoms with Gasteiger partial charge in [-0.15, -0.1) is 0 Å². The molecule has 0 aliphatic carbocycles. The van der Waals surface area contributed by atoms with Crippen LogP contribution in [0.2, 0.25) is 0 Å². The zero-order valence-corrected chi connectivity index (χ0v) is 17.7. The van der Waals surface area contributed by atoms with Crippen LogP contribution >= 0.6 is 0 Å². The summed E-state index contributed by atoms with van der Waals surface area (Å²) in [4.78, 5) is 26.8. The van der Waals surface area contributed by atoms with Crippen molar-refractivity contribution < 1.29 is 13.2 Å². The molecule has 0 aliphatic rings. The van der Waals surface area contributed by atoms with Crippen LogP contribution in [0.4, 0.5) is 0 Å². The van der Waals surface area contributed by atoms with Gasteiger partial charge in [-0.25, -0.2) is 12.7 Å². The van der Waals surface area contributed by atoms with Gasteiger partial charge in [0.15, 0.2) is 0 Å². The van der Waals surface area contributed by atoms with Gasteiger partial charge in [0.1, 0.15) is 11.6 Å². The van der Waals surface area contributed by atoms with E-state index >= 15 is 0 Å². The number of aromatic nitrogens is 1. The number of aryl methyl sites for hydroxylation is 1. The minimum atomic E-state index is -3.48. The molecule has 0 radical (unpaired) electrons. The second-order valence-electron chi connectivity index (χ2n) is 6.88. The summed E-state index contributed by atoms with van der Waals surface area (Å²) in [6.07, 6.45) is 0.598. The maximum absolute atomic E-state index is 12.2. The molecule has 0 spiro atoms. The number of rotatable bonds is 7. The van der Waals surface area contributed by atoms with Crippen molar-refractivity contribution in [3.63, 3.8) is 0 Å². The normalized spacial score (nSPS) is 11.3. The molecule has 0 saturated carbocycles. The molecule has 154 valence electrons. The molecule has 29 heavy (non-hydrogen) atoms. The number of carbonyl (C=O) groups excluding carboxylic acids is 1. The van der Waals surface area contributed by atoms with Crippen molar-refractivity contribution in [3.8, 4) is 6.07 Å². The lowest BCUT2D eigenvalue weighted by molar-refractivity contribution is -0.121. The van der Waals surface area contributed by atoms with Crippen LogP contribution in [0.3, 0.4) is 0 Å². The van der Waals surface area contributed by atoms with Crippen LogP contribution < -0.4 is 10.9 Å². The minimum absolute atomic E-state index is 0.0683. The smallest absolute Gasteiger partial charge is 0.266 e. The number of hydrogen-bond donors (Lipinski definition) is 2. The topological polar surface area (TPSA) is 123 Å². The maximum Gasteiger partial charge on any atom is 0.266 e. The fraction of sp³-hybridized carbons (Fsp3) is 0.350. The number of pyridine rings is 1. The number of carbonyl (C=O) groups is 1. The monoisotopic (exact) mass is 416 g/mol. The van der Waals surface area contributed by atoms with Gasteiger partial charge >= 0.3 is 0 Å². The summed E-state index contributed by atoms with van der Waals surface area (Å²) < 4.78 is 25.3. The second kappa shape index (κ2) is 9.03. The number of H-pyrrole nitrogens is 1. The van der Waals surface area contributed by atoms with Crippen LogP contribution in [0.25, 0.3) is 0 Å². The number of nitriles is 1. The number of sulfonamides is 1. The predicted molar refractivity (Wildman–Crippen MR) is 109 cm³/mol. The fourth-order valence-corrected chi connectivity index (χ4v) is 3.84. The Hall–Kier alpha value is -2.96. The Morgan fingerprint density at radius 2 is 1.83 bits per heavy atom. The minimum Gasteiger partial charge on any atom is -0.352 e. The van der Waals surface area contributed by atoms with E-state index in [-0.39, 0.29) is 29.3 Å². The molecule has 2 N–H and O–H groups in total. The van der Waals surface area contributed by atoms with Crippen molar-refractivity contribution >= 4 is 15.9 Å². The van der Waals surface area contributed by atoms with Crippen LogP contribution in [0, 0.1) is 25.2 Å². The third kappa shape index (κ3) is 5.10. The van der Waals surface area contributed by atoms with Gasteiger partial charge < -0.3 is 10.3 Å². The van der Waals surface area contributed by atoms with E-state index in [9.17, 15) is 18.0 Å². The van der Waals surface area contributed by atoms with Crippen molar-refractivity contribution in [3.05, 3.63) is 62.6 Å². The lowest BCUT2D eigenvalue weighted by Crippen LogP contribution is -2.24. The quantitative estimate of drug-likeness (QED) is 0.705. The molecule has 9 heteroatoms. The summed E-state index contributed by atoms with van der Waals surface area (Å²) in [6, 6.07) is 8.23. The van der Waals surface area contributed by atoms with E-state index in [0.717, 1.165) is 15.4 Å². The molecule has 8 nitrogen and oxygen atoms in total. The second-order valence-corrected chi connectivity index (χ2v) is 9.03. The number of aromatic amines is 1. The van der Waals surface area contributed by atoms with Gasteiger partial charge in [0, 0.05) is 32.8 Å². The summed E-state index contributed by atoms with van der Waals surface area (Å²) in [5.74, 6) is -0.182. The van der Waals surface area contributed by atoms with Crippen LogP contribution in [-0.2, 0) is 27.8 Å². The number of benzene rings is 1. The third-order valence-electron chi connectivity index (χ3n) is 4.71. The number of nitrogens with one attached hydrogen (secondary N) is 2. The average Bonchev–Trinajstić information content (AvgIpc) is 2.66. The summed E-state index contributed by atoms with van der Waals surface area (Å²) in [6.45, 7) is 3.72.